The molecule has 0 spiro atoms. The van der Waals surface area contributed by atoms with Crippen LogP contribution in [0.5, 0.6) is 0 Å². The molecule has 1 aliphatic rings. The zero-order chi connectivity index (χ0) is 14.2. The van der Waals surface area contributed by atoms with E-state index in [1.165, 1.54) is 4.90 Å². The number of nitro groups is 1. The van der Waals surface area contributed by atoms with Crippen molar-refractivity contribution in [2.75, 3.05) is 18.0 Å². The van der Waals surface area contributed by atoms with Crippen LogP contribution in [0.3, 0.4) is 0 Å². The highest BCUT2D eigenvalue weighted by molar-refractivity contribution is 5.69. The lowest BCUT2D eigenvalue weighted by Crippen LogP contribution is -2.47. The maximum atomic E-state index is 13.4. The molecule has 1 saturated heterocycles. The molecule has 102 valence electrons. The third kappa shape index (κ3) is 2.61. The normalized spacial score (nSPS) is 15.2. The van der Waals surface area contributed by atoms with Crippen molar-refractivity contribution < 1.29 is 23.6 Å². The number of hydrogen-bond acceptors (Lipinski definition) is 4. The lowest BCUT2D eigenvalue weighted by molar-refractivity contribution is -0.386. The van der Waals surface area contributed by atoms with Crippen LogP contribution in [-0.4, -0.2) is 29.1 Å². The topological polar surface area (TPSA) is 83.7 Å². The molecule has 1 heterocycles. The van der Waals surface area contributed by atoms with Crippen LogP contribution in [0, 0.1) is 27.7 Å². The smallest absolute Gasteiger partial charge is 0.328 e. The van der Waals surface area contributed by atoms with Gasteiger partial charge < -0.3 is 10.0 Å². The predicted molar refractivity (Wildman–Crippen MR) is 61.0 cm³/mol. The molecule has 0 unspecified atom stereocenters. The Bertz CT molecular complexity index is 544. The SMILES string of the molecule is O=C(O)CC1CN(c2cc(F)cc(F)c2[N+](=O)[O-])C1. The summed E-state index contributed by atoms with van der Waals surface area (Å²) >= 11 is 0. The lowest BCUT2D eigenvalue weighted by atomic mass is 9.95. The van der Waals surface area contributed by atoms with Gasteiger partial charge in [-0.25, -0.2) is 4.39 Å². The fraction of sp³-hybridized carbons (Fsp3) is 0.364. The molecule has 0 saturated carbocycles. The first-order valence-electron chi connectivity index (χ1n) is 5.48. The van der Waals surface area contributed by atoms with Gasteiger partial charge in [0.25, 0.3) is 0 Å². The van der Waals surface area contributed by atoms with Gasteiger partial charge in [0.15, 0.2) is 0 Å². The molecule has 0 aliphatic carbocycles. The maximum Gasteiger partial charge on any atom is 0.328 e. The molecule has 1 aromatic carbocycles. The average Bonchev–Trinajstić information content (AvgIpc) is 2.20. The molecule has 1 aromatic rings. The van der Waals surface area contributed by atoms with Gasteiger partial charge in [0, 0.05) is 31.1 Å². The Balaban J connectivity index is 2.22. The van der Waals surface area contributed by atoms with Gasteiger partial charge in [-0.1, -0.05) is 0 Å². The number of aliphatic carboxylic acids is 1. The maximum absolute atomic E-state index is 13.4. The van der Waals surface area contributed by atoms with E-state index in [-0.39, 0.29) is 31.1 Å². The molecular weight excluding hydrogens is 262 g/mol. The molecule has 6 nitrogen and oxygen atoms in total. The van der Waals surface area contributed by atoms with Crippen LogP contribution in [0.1, 0.15) is 6.42 Å². The van der Waals surface area contributed by atoms with Gasteiger partial charge in [-0.15, -0.1) is 0 Å². The summed E-state index contributed by atoms with van der Waals surface area (Å²) in [5.41, 5.74) is -0.931. The quantitative estimate of drug-likeness (QED) is 0.667. The first-order chi connectivity index (χ1) is 8.88. The number of hydrogen-bond donors (Lipinski definition) is 1. The number of benzene rings is 1. The highest BCUT2D eigenvalue weighted by Crippen LogP contribution is 2.36. The molecule has 8 heteroatoms. The molecule has 2 rings (SSSR count). The van der Waals surface area contributed by atoms with E-state index in [4.69, 9.17) is 5.11 Å². The van der Waals surface area contributed by atoms with Crippen molar-refractivity contribution in [1.82, 2.24) is 0 Å². The molecule has 1 N–H and O–H groups in total. The number of halogens is 2. The number of anilines is 1. The van der Waals surface area contributed by atoms with Crippen LogP contribution in [0.4, 0.5) is 20.2 Å². The lowest BCUT2D eigenvalue weighted by Gasteiger charge is -2.39. The average molecular weight is 272 g/mol. The van der Waals surface area contributed by atoms with E-state index >= 15 is 0 Å². The number of rotatable bonds is 4. The summed E-state index contributed by atoms with van der Waals surface area (Å²) in [7, 11) is 0. The van der Waals surface area contributed by atoms with Crippen molar-refractivity contribution in [3.63, 3.8) is 0 Å². The highest BCUT2D eigenvalue weighted by Gasteiger charge is 2.34. The molecule has 1 aliphatic heterocycles. The van der Waals surface area contributed by atoms with E-state index in [0.717, 1.165) is 6.07 Å². The van der Waals surface area contributed by atoms with Gasteiger partial charge >= 0.3 is 11.7 Å². The van der Waals surface area contributed by atoms with Gasteiger partial charge in [0.2, 0.25) is 5.82 Å². The third-order valence-electron chi connectivity index (χ3n) is 2.95. The number of nitro benzene ring substituents is 1. The molecule has 0 atom stereocenters. The van der Waals surface area contributed by atoms with Gasteiger partial charge in [-0.2, -0.15) is 4.39 Å². The second kappa shape index (κ2) is 4.79. The minimum Gasteiger partial charge on any atom is -0.481 e. The Kier molecular flexibility index (Phi) is 3.32. The first kappa shape index (κ1) is 13.2. The van der Waals surface area contributed by atoms with Crippen LogP contribution in [0.25, 0.3) is 0 Å². The Labute approximate surface area is 106 Å². The van der Waals surface area contributed by atoms with E-state index in [2.05, 4.69) is 0 Å². The van der Waals surface area contributed by atoms with Crippen LogP contribution < -0.4 is 4.90 Å². The zero-order valence-corrected chi connectivity index (χ0v) is 9.68. The second-order valence-corrected chi connectivity index (χ2v) is 4.38. The van der Waals surface area contributed by atoms with E-state index < -0.39 is 28.2 Å². The number of carboxylic acid groups (broad SMARTS) is 1. The summed E-state index contributed by atoms with van der Waals surface area (Å²) in [5.74, 6) is -3.27. The summed E-state index contributed by atoms with van der Waals surface area (Å²) in [6, 6.07) is 1.34. The minimum atomic E-state index is -1.23. The summed E-state index contributed by atoms with van der Waals surface area (Å²) < 4.78 is 26.5. The second-order valence-electron chi connectivity index (χ2n) is 4.38. The van der Waals surface area contributed by atoms with Gasteiger partial charge in [-0.05, 0) is 0 Å². The van der Waals surface area contributed by atoms with E-state index in [0.29, 0.717) is 6.07 Å². The Morgan fingerprint density at radius 3 is 2.63 bits per heavy atom. The predicted octanol–water partition coefficient (Wildman–Crippen LogP) is 1.78. The zero-order valence-electron chi connectivity index (χ0n) is 9.68. The number of carbonyl (C=O) groups is 1. The minimum absolute atomic E-state index is 0.0674. The molecular formula is C11H10F2N2O4. The summed E-state index contributed by atoms with van der Waals surface area (Å²) in [5, 5.41) is 19.4. The van der Waals surface area contributed by atoms with Crippen LogP contribution in [0.2, 0.25) is 0 Å². The molecule has 0 radical (unpaired) electrons. The van der Waals surface area contributed by atoms with Gasteiger partial charge in [0.1, 0.15) is 11.5 Å². The van der Waals surface area contributed by atoms with Crippen LogP contribution >= 0.6 is 0 Å². The standard InChI is InChI=1S/C11H10F2N2O4/c12-7-2-8(13)11(15(18)19)9(3-7)14-4-6(5-14)1-10(16)17/h2-3,6H,1,4-5H2,(H,16,17). The largest absolute Gasteiger partial charge is 0.481 e. The highest BCUT2D eigenvalue weighted by atomic mass is 19.1. The van der Waals surface area contributed by atoms with E-state index in [9.17, 15) is 23.7 Å². The van der Waals surface area contributed by atoms with Crippen molar-refractivity contribution in [2.45, 2.75) is 6.42 Å². The Morgan fingerprint density at radius 1 is 1.47 bits per heavy atom. The van der Waals surface area contributed by atoms with Crippen molar-refractivity contribution >= 4 is 17.3 Å². The molecule has 19 heavy (non-hydrogen) atoms. The van der Waals surface area contributed by atoms with E-state index in [1.54, 1.807) is 0 Å². The van der Waals surface area contributed by atoms with Crippen molar-refractivity contribution in [1.29, 1.82) is 0 Å². The van der Waals surface area contributed by atoms with E-state index in [1.807, 2.05) is 0 Å². The fourth-order valence-electron chi connectivity index (χ4n) is 2.12. The number of nitrogens with zero attached hydrogens (tertiary/aromatic N) is 2. The third-order valence-corrected chi connectivity index (χ3v) is 2.95. The van der Waals surface area contributed by atoms with Crippen LogP contribution in [-0.2, 0) is 4.79 Å². The van der Waals surface area contributed by atoms with Crippen molar-refractivity contribution in [3.05, 3.63) is 33.9 Å². The van der Waals surface area contributed by atoms with Crippen molar-refractivity contribution in [2.24, 2.45) is 5.92 Å². The fourth-order valence-corrected chi connectivity index (χ4v) is 2.12. The van der Waals surface area contributed by atoms with Crippen LogP contribution in [0.15, 0.2) is 12.1 Å². The molecule has 0 aromatic heterocycles. The van der Waals surface area contributed by atoms with Gasteiger partial charge in [-0.3, -0.25) is 14.9 Å². The summed E-state index contributed by atoms with van der Waals surface area (Å²) in [6.45, 7) is 0.464. The molecule has 0 bridgehead atoms. The summed E-state index contributed by atoms with van der Waals surface area (Å²) in [6.07, 6.45) is -0.0674. The van der Waals surface area contributed by atoms with Gasteiger partial charge in [0.05, 0.1) is 11.3 Å². The summed E-state index contributed by atoms with van der Waals surface area (Å²) in [4.78, 5) is 21.8. The molecule has 1 fully saturated rings. The Hall–Kier alpha value is -2.25. The first-order valence-corrected chi connectivity index (χ1v) is 5.48. The molecule has 0 amide bonds. The number of carboxylic acids is 1. The monoisotopic (exact) mass is 272 g/mol. The van der Waals surface area contributed by atoms with Crippen molar-refractivity contribution in [3.8, 4) is 0 Å². The Morgan fingerprint density at radius 2 is 2.11 bits per heavy atom.